The van der Waals surface area contributed by atoms with Crippen molar-refractivity contribution in [2.75, 3.05) is 16.0 Å². The molecule has 5 N–H and O–H groups in total. The fourth-order valence-electron chi connectivity index (χ4n) is 5.51. The van der Waals surface area contributed by atoms with Crippen LogP contribution < -0.4 is 20.7 Å². The first-order chi connectivity index (χ1) is 21.7. The Morgan fingerprint density at radius 2 is 1.16 bits per heavy atom. The monoisotopic (exact) mass is 619 g/mol. The predicted octanol–water partition coefficient (Wildman–Crippen LogP) is 7.22. The number of aromatic hydroxyl groups is 2. The number of hydrogen-bond donors (Lipinski definition) is 5. The van der Waals surface area contributed by atoms with Gasteiger partial charge >= 0.3 is 12.0 Å². The lowest BCUT2D eigenvalue weighted by molar-refractivity contribution is 0.0224. The number of rotatable bonds is 4. The summed E-state index contributed by atoms with van der Waals surface area (Å²) in [6.45, 7) is 0. The number of benzene rings is 5. The number of carbonyl (C=O) groups is 3. The number of amides is 3. The van der Waals surface area contributed by atoms with E-state index in [-0.39, 0.29) is 34.1 Å². The molecule has 0 fully saturated rings. The molecule has 0 saturated carbocycles. The molecule has 2 heterocycles. The van der Waals surface area contributed by atoms with E-state index in [0.717, 1.165) is 0 Å². The van der Waals surface area contributed by atoms with Gasteiger partial charge in [-0.05, 0) is 84.9 Å². The van der Waals surface area contributed by atoms with E-state index in [2.05, 4.69) is 16.0 Å². The van der Waals surface area contributed by atoms with Gasteiger partial charge in [-0.15, -0.1) is 0 Å². The quantitative estimate of drug-likeness (QED) is 0.134. The molecule has 45 heavy (non-hydrogen) atoms. The van der Waals surface area contributed by atoms with E-state index < -0.39 is 23.5 Å². The van der Waals surface area contributed by atoms with Gasteiger partial charge in [0.05, 0.1) is 5.56 Å². The number of phenols is 2. The van der Waals surface area contributed by atoms with E-state index >= 15 is 0 Å². The van der Waals surface area contributed by atoms with Crippen molar-refractivity contribution in [3.63, 3.8) is 0 Å². The number of hydrogen-bond acceptors (Lipinski definition) is 7. The highest BCUT2D eigenvalue weighted by Crippen LogP contribution is 2.57. The van der Waals surface area contributed by atoms with Crippen molar-refractivity contribution >= 4 is 46.6 Å². The maximum atomic E-state index is 13.3. The molecule has 3 amide bonds. The fraction of sp³-hybridized carbons (Fsp3) is 0.0294. The minimum Gasteiger partial charge on any atom is -0.508 e. The number of nitrogens with one attached hydrogen (secondary N) is 3. The number of anilines is 3. The van der Waals surface area contributed by atoms with Crippen molar-refractivity contribution in [2.24, 2.45) is 0 Å². The smallest absolute Gasteiger partial charge is 0.340 e. The summed E-state index contributed by atoms with van der Waals surface area (Å²) in [4.78, 5) is 38.9. The summed E-state index contributed by atoms with van der Waals surface area (Å²) >= 11 is 5.88. The Labute approximate surface area is 260 Å². The van der Waals surface area contributed by atoms with Gasteiger partial charge in [0.2, 0.25) is 0 Å². The molecule has 0 radical (unpaired) electrons. The third-order valence-electron chi connectivity index (χ3n) is 7.54. The molecule has 1 spiro atoms. The molecule has 0 aromatic heterocycles. The first-order valence-corrected chi connectivity index (χ1v) is 14.0. The molecule has 7 rings (SSSR count). The number of carbonyl (C=O) groups excluding carboxylic acids is 3. The van der Waals surface area contributed by atoms with E-state index in [1.165, 1.54) is 30.3 Å². The van der Waals surface area contributed by atoms with E-state index in [4.69, 9.17) is 21.1 Å². The average molecular weight is 620 g/mol. The largest absolute Gasteiger partial charge is 0.508 e. The molecule has 0 bridgehead atoms. The van der Waals surface area contributed by atoms with Gasteiger partial charge in [-0.25, -0.2) is 9.59 Å². The van der Waals surface area contributed by atoms with Crippen LogP contribution in [0.4, 0.5) is 21.9 Å². The zero-order valence-corrected chi connectivity index (χ0v) is 23.9. The lowest BCUT2D eigenvalue weighted by Crippen LogP contribution is -2.32. The second kappa shape index (κ2) is 10.6. The lowest BCUT2D eigenvalue weighted by Gasteiger charge is -2.36. The van der Waals surface area contributed by atoms with Crippen LogP contribution in [0.1, 0.15) is 37.4 Å². The van der Waals surface area contributed by atoms with Crippen LogP contribution in [-0.2, 0) is 10.3 Å². The maximum Gasteiger partial charge on any atom is 0.340 e. The molecule has 0 atom stereocenters. The van der Waals surface area contributed by atoms with Gasteiger partial charge in [-0.1, -0.05) is 17.7 Å². The second-order valence-electron chi connectivity index (χ2n) is 10.4. The minimum atomic E-state index is -1.42. The van der Waals surface area contributed by atoms with E-state index in [1.807, 2.05) is 0 Å². The normalized spacial score (nSPS) is 13.5. The van der Waals surface area contributed by atoms with Crippen molar-refractivity contribution in [1.29, 1.82) is 0 Å². The molecule has 11 heteroatoms. The highest BCUT2D eigenvalue weighted by atomic mass is 35.5. The number of halogens is 1. The third kappa shape index (κ3) is 4.92. The zero-order chi connectivity index (χ0) is 31.3. The lowest BCUT2D eigenvalue weighted by atomic mass is 9.77. The van der Waals surface area contributed by atoms with Crippen molar-refractivity contribution in [3.05, 3.63) is 136 Å². The molecular formula is C34H22ClN3O7. The molecule has 0 saturated heterocycles. The van der Waals surface area contributed by atoms with Crippen LogP contribution in [0.3, 0.4) is 0 Å². The van der Waals surface area contributed by atoms with Crippen LogP contribution in [0, 0.1) is 0 Å². The highest BCUT2D eigenvalue weighted by molar-refractivity contribution is 6.30. The van der Waals surface area contributed by atoms with E-state index in [0.29, 0.717) is 38.8 Å². The zero-order valence-electron chi connectivity index (χ0n) is 23.1. The standard InChI is InChI=1S/C34H22ClN3O7/c35-19-2-4-21(5-3-19)37-33(43)38-22-8-6-20(7-9-22)36-31(41)18-1-12-26-25(15-18)32(42)45-34(26)27-13-10-23(39)16-29(27)44-30-17-24(40)11-14-28(30)34/h1-17,39-40H,(H,36,41)(H2,37,38,43). The molecular weight excluding hydrogens is 598 g/mol. The molecule has 10 nitrogen and oxygen atoms in total. The van der Waals surface area contributed by atoms with Gasteiger partial charge in [-0.2, -0.15) is 0 Å². The summed E-state index contributed by atoms with van der Waals surface area (Å²) < 4.78 is 12.0. The minimum absolute atomic E-state index is 0.0471. The number of phenolic OH excluding ortho intramolecular Hbond substituents is 2. The van der Waals surface area contributed by atoms with Crippen molar-refractivity contribution in [2.45, 2.75) is 5.60 Å². The summed E-state index contributed by atoms with van der Waals surface area (Å²) in [5.41, 5.74) is 1.99. The third-order valence-corrected chi connectivity index (χ3v) is 7.79. The van der Waals surface area contributed by atoms with E-state index in [1.54, 1.807) is 72.8 Å². The summed E-state index contributed by atoms with van der Waals surface area (Å²) in [5.74, 6) is -0.683. The summed E-state index contributed by atoms with van der Waals surface area (Å²) in [7, 11) is 0. The molecule has 2 aliphatic heterocycles. The van der Waals surface area contributed by atoms with Crippen molar-refractivity contribution in [1.82, 2.24) is 0 Å². The van der Waals surface area contributed by atoms with Crippen LogP contribution in [0.15, 0.2) is 103 Å². The van der Waals surface area contributed by atoms with Crippen molar-refractivity contribution in [3.8, 4) is 23.0 Å². The second-order valence-corrected chi connectivity index (χ2v) is 10.8. The summed E-state index contributed by atoms with van der Waals surface area (Å²) in [5, 5.41) is 29.0. The number of fused-ring (bicyclic) bond motifs is 6. The predicted molar refractivity (Wildman–Crippen MR) is 167 cm³/mol. The van der Waals surface area contributed by atoms with Gasteiger partial charge in [0.1, 0.15) is 23.0 Å². The average Bonchev–Trinajstić information content (AvgIpc) is 3.30. The van der Waals surface area contributed by atoms with Crippen LogP contribution in [0.2, 0.25) is 5.02 Å². The Hall–Kier alpha value is -6.00. The highest BCUT2D eigenvalue weighted by Gasteiger charge is 2.53. The molecule has 5 aromatic rings. The Bertz CT molecular complexity index is 1980. The molecule has 5 aromatic carbocycles. The van der Waals surface area contributed by atoms with Crippen LogP contribution in [0.5, 0.6) is 23.0 Å². The summed E-state index contributed by atoms with van der Waals surface area (Å²) in [6.07, 6.45) is 0. The fourth-order valence-corrected chi connectivity index (χ4v) is 5.64. The van der Waals surface area contributed by atoms with Gasteiger partial charge in [0.15, 0.2) is 5.60 Å². The van der Waals surface area contributed by atoms with Gasteiger partial charge in [0.25, 0.3) is 5.91 Å². The number of ether oxygens (including phenoxy) is 2. The van der Waals surface area contributed by atoms with Crippen molar-refractivity contribution < 1.29 is 34.1 Å². The molecule has 2 aliphatic rings. The van der Waals surface area contributed by atoms with Gasteiger partial charge in [0, 0.05) is 56.5 Å². The maximum absolute atomic E-state index is 13.3. The Balaban J connectivity index is 1.12. The molecule has 0 aliphatic carbocycles. The first-order valence-electron chi connectivity index (χ1n) is 13.7. The van der Waals surface area contributed by atoms with E-state index in [9.17, 15) is 24.6 Å². The van der Waals surface area contributed by atoms with Gasteiger partial charge in [-0.3, -0.25) is 4.79 Å². The van der Waals surface area contributed by atoms with Crippen LogP contribution in [-0.4, -0.2) is 28.1 Å². The summed E-state index contributed by atoms with van der Waals surface area (Å²) in [6, 6.07) is 26.5. The number of urea groups is 1. The Morgan fingerprint density at radius 1 is 0.644 bits per heavy atom. The molecule has 0 unspecified atom stereocenters. The Morgan fingerprint density at radius 3 is 1.73 bits per heavy atom. The first kappa shape index (κ1) is 27.8. The topological polar surface area (TPSA) is 146 Å². The van der Waals surface area contributed by atoms with Crippen LogP contribution in [0.25, 0.3) is 0 Å². The van der Waals surface area contributed by atoms with Crippen LogP contribution >= 0.6 is 11.6 Å². The Kier molecular flexibility index (Phi) is 6.56. The number of esters is 1. The van der Waals surface area contributed by atoms with Gasteiger partial charge < -0.3 is 35.6 Å². The SMILES string of the molecule is O=C(Nc1ccc(Cl)cc1)Nc1ccc(NC(=O)c2ccc3c(c2)C(=O)OC32c3ccc(O)cc3Oc3cc(O)ccc32)cc1. The molecule has 222 valence electrons.